The number of halogens is 3. The Morgan fingerprint density at radius 2 is 2.00 bits per heavy atom. The molecule has 0 saturated heterocycles. The fraction of sp³-hybridized carbons (Fsp3) is 0.182. The molecule has 0 heterocycles. The van der Waals surface area contributed by atoms with Crippen molar-refractivity contribution in [3.8, 4) is 11.8 Å². The van der Waals surface area contributed by atoms with Gasteiger partial charge >= 0.3 is 0 Å². The topological polar surface area (TPSA) is 29.1 Å². The van der Waals surface area contributed by atoms with Crippen molar-refractivity contribution in [1.29, 1.82) is 0 Å². The lowest BCUT2D eigenvalue weighted by Crippen LogP contribution is -2.19. The summed E-state index contributed by atoms with van der Waals surface area (Å²) in [5, 5.41) is 2.45. The lowest BCUT2D eigenvalue weighted by molar-refractivity contribution is -0.118. The van der Waals surface area contributed by atoms with E-state index in [0.29, 0.717) is 0 Å². The minimum absolute atomic E-state index is 0.147. The highest BCUT2D eigenvalue weighted by molar-refractivity contribution is 9.10. The third-order valence-electron chi connectivity index (χ3n) is 1.64. The van der Waals surface area contributed by atoms with Gasteiger partial charge in [0.25, 0.3) is 0 Å². The molecule has 84 valence electrons. The molecule has 0 radical (unpaired) electrons. The highest BCUT2D eigenvalue weighted by atomic mass is 79.9. The summed E-state index contributed by atoms with van der Waals surface area (Å²) in [5.74, 6) is 3.50. The van der Waals surface area contributed by atoms with Crippen LogP contribution in [-0.4, -0.2) is 12.5 Å². The lowest BCUT2D eigenvalue weighted by Gasteiger charge is -1.97. The quantitative estimate of drug-likeness (QED) is 0.623. The smallest absolute Gasteiger partial charge is 0.217 e. The third kappa shape index (κ3) is 3.63. The maximum absolute atomic E-state index is 13.1. The van der Waals surface area contributed by atoms with E-state index in [1.54, 1.807) is 0 Å². The van der Waals surface area contributed by atoms with E-state index in [1.165, 1.54) is 6.92 Å². The fourth-order valence-corrected chi connectivity index (χ4v) is 1.17. The van der Waals surface area contributed by atoms with E-state index < -0.39 is 11.6 Å². The van der Waals surface area contributed by atoms with E-state index in [0.717, 1.165) is 12.1 Å². The van der Waals surface area contributed by atoms with Crippen molar-refractivity contribution >= 4 is 21.8 Å². The number of benzene rings is 1. The zero-order valence-electron chi connectivity index (χ0n) is 8.40. The monoisotopic (exact) mass is 287 g/mol. The second-order valence-corrected chi connectivity index (χ2v) is 3.76. The second-order valence-electron chi connectivity index (χ2n) is 2.97. The predicted octanol–water partition coefficient (Wildman–Crippen LogP) is 2.21. The summed E-state index contributed by atoms with van der Waals surface area (Å²) >= 11 is 2.76. The summed E-state index contributed by atoms with van der Waals surface area (Å²) in [7, 11) is 0. The van der Waals surface area contributed by atoms with Crippen LogP contribution < -0.4 is 5.32 Å². The number of nitrogens with one attached hydrogen (secondary N) is 1. The van der Waals surface area contributed by atoms with E-state index in [2.05, 4.69) is 33.1 Å². The molecule has 0 aromatic heterocycles. The summed E-state index contributed by atoms with van der Waals surface area (Å²) in [5.41, 5.74) is 0.226. The number of carbonyl (C=O) groups excluding carboxylic acids is 1. The summed E-state index contributed by atoms with van der Waals surface area (Å²) < 4.78 is 25.9. The molecule has 0 spiro atoms. The van der Waals surface area contributed by atoms with Gasteiger partial charge in [0.2, 0.25) is 5.91 Å². The van der Waals surface area contributed by atoms with Crippen LogP contribution in [0.1, 0.15) is 12.5 Å². The van der Waals surface area contributed by atoms with Crippen molar-refractivity contribution in [2.24, 2.45) is 0 Å². The van der Waals surface area contributed by atoms with E-state index >= 15 is 0 Å². The summed E-state index contributed by atoms with van der Waals surface area (Å²) in [6, 6.07) is 2.24. The van der Waals surface area contributed by atoms with Gasteiger partial charge in [-0.2, -0.15) is 0 Å². The van der Waals surface area contributed by atoms with Crippen LogP contribution in [0, 0.1) is 23.5 Å². The first-order valence-electron chi connectivity index (χ1n) is 4.38. The number of rotatable bonds is 1. The van der Waals surface area contributed by atoms with Gasteiger partial charge in [0.1, 0.15) is 11.6 Å². The molecule has 1 aromatic rings. The van der Waals surface area contributed by atoms with Gasteiger partial charge in [-0.25, -0.2) is 8.78 Å². The first-order chi connectivity index (χ1) is 7.50. The van der Waals surface area contributed by atoms with Crippen LogP contribution in [0.3, 0.4) is 0 Å². The van der Waals surface area contributed by atoms with Gasteiger partial charge in [-0.15, -0.1) is 0 Å². The number of hydrogen-bond donors (Lipinski definition) is 1. The maximum atomic E-state index is 13.1. The van der Waals surface area contributed by atoms with Gasteiger partial charge in [-0.05, 0) is 28.1 Å². The van der Waals surface area contributed by atoms with E-state index in [9.17, 15) is 13.6 Å². The Hall–Kier alpha value is -1.41. The minimum Gasteiger partial charge on any atom is -0.345 e. The molecule has 5 heteroatoms. The summed E-state index contributed by atoms with van der Waals surface area (Å²) in [6.07, 6.45) is 0. The van der Waals surface area contributed by atoms with Crippen LogP contribution in [0.2, 0.25) is 0 Å². The van der Waals surface area contributed by atoms with E-state index in [4.69, 9.17) is 0 Å². The molecular formula is C11H8BrF2NO. The van der Waals surface area contributed by atoms with E-state index in [-0.39, 0.29) is 22.5 Å². The molecule has 0 atom stereocenters. The fourth-order valence-electron chi connectivity index (χ4n) is 0.943. The molecule has 0 saturated carbocycles. The molecule has 1 aromatic carbocycles. The lowest BCUT2D eigenvalue weighted by atomic mass is 10.2. The molecule has 0 aliphatic heterocycles. The van der Waals surface area contributed by atoms with Crippen molar-refractivity contribution in [3.05, 3.63) is 33.8 Å². The summed E-state index contributed by atoms with van der Waals surface area (Å²) in [4.78, 5) is 10.5. The Morgan fingerprint density at radius 1 is 1.44 bits per heavy atom. The van der Waals surface area contributed by atoms with Gasteiger partial charge in [-0.3, -0.25) is 4.79 Å². The van der Waals surface area contributed by atoms with Gasteiger partial charge in [0, 0.05) is 12.5 Å². The molecule has 0 aliphatic rings. The summed E-state index contributed by atoms with van der Waals surface area (Å²) in [6.45, 7) is 1.51. The molecule has 16 heavy (non-hydrogen) atoms. The van der Waals surface area contributed by atoms with Gasteiger partial charge in [0.15, 0.2) is 0 Å². The molecule has 0 unspecified atom stereocenters. The highest BCUT2D eigenvalue weighted by Crippen LogP contribution is 2.20. The molecule has 2 nitrogen and oxygen atoms in total. The van der Waals surface area contributed by atoms with Gasteiger partial charge < -0.3 is 5.32 Å². The van der Waals surface area contributed by atoms with Crippen LogP contribution in [0.25, 0.3) is 0 Å². The Balaban J connectivity index is 2.78. The zero-order chi connectivity index (χ0) is 12.1. The molecule has 0 bridgehead atoms. The highest BCUT2D eigenvalue weighted by Gasteiger charge is 2.06. The predicted molar refractivity (Wildman–Crippen MR) is 59.6 cm³/mol. The van der Waals surface area contributed by atoms with Crippen LogP contribution >= 0.6 is 15.9 Å². The Labute approximate surface area is 100 Å². The molecule has 0 aliphatic carbocycles. The van der Waals surface area contributed by atoms with Crippen molar-refractivity contribution in [2.45, 2.75) is 6.92 Å². The number of hydrogen-bond acceptors (Lipinski definition) is 1. The van der Waals surface area contributed by atoms with Crippen molar-refractivity contribution in [2.75, 3.05) is 6.54 Å². The largest absolute Gasteiger partial charge is 0.345 e. The Bertz CT molecular complexity index is 454. The van der Waals surface area contributed by atoms with Crippen LogP contribution in [0.4, 0.5) is 8.78 Å². The third-order valence-corrected chi connectivity index (χ3v) is 2.40. The number of amides is 1. The molecule has 0 fully saturated rings. The second kappa shape index (κ2) is 5.61. The average molecular weight is 288 g/mol. The van der Waals surface area contributed by atoms with Crippen molar-refractivity contribution in [3.63, 3.8) is 0 Å². The molecular weight excluding hydrogens is 280 g/mol. The normalized spacial score (nSPS) is 9.25. The Kier molecular flexibility index (Phi) is 4.44. The van der Waals surface area contributed by atoms with E-state index in [1.807, 2.05) is 0 Å². The SMILES string of the molecule is CC(=O)NCC#Cc1cc(F)c(Br)c(F)c1. The minimum atomic E-state index is -0.705. The zero-order valence-corrected chi connectivity index (χ0v) is 9.99. The first-order valence-corrected chi connectivity index (χ1v) is 5.18. The van der Waals surface area contributed by atoms with Crippen LogP contribution in [0.15, 0.2) is 16.6 Å². The molecule has 1 rings (SSSR count). The van der Waals surface area contributed by atoms with Gasteiger partial charge in [-0.1, -0.05) is 11.8 Å². The first kappa shape index (κ1) is 12.7. The molecule has 1 N–H and O–H groups in total. The number of carbonyl (C=O) groups is 1. The van der Waals surface area contributed by atoms with Gasteiger partial charge in [0.05, 0.1) is 11.0 Å². The van der Waals surface area contributed by atoms with Crippen LogP contribution in [0.5, 0.6) is 0 Å². The molecule has 1 amide bonds. The van der Waals surface area contributed by atoms with Crippen molar-refractivity contribution < 1.29 is 13.6 Å². The average Bonchev–Trinajstić information content (AvgIpc) is 2.20. The van der Waals surface area contributed by atoms with Crippen molar-refractivity contribution in [1.82, 2.24) is 5.32 Å². The van der Waals surface area contributed by atoms with Crippen LogP contribution in [-0.2, 0) is 4.79 Å². The Morgan fingerprint density at radius 3 is 2.50 bits per heavy atom. The standard InChI is InChI=1S/C11H8BrF2NO/c1-7(16)15-4-2-3-8-5-9(13)11(12)10(14)6-8/h5-6H,4H2,1H3,(H,15,16). The maximum Gasteiger partial charge on any atom is 0.217 e.